The Bertz CT molecular complexity index is 366. The van der Waals surface area contributed by atoms with E-state index in [1.165, 1.54) is 0 Å². The first-order valence-corrected chi connectivity index (χ1v) is 5.89. The Balaban J connectivity index is 3.76. The summed E-state index contributed by atoms with van der Waals surface area (Å²) in [6, 6.07) is 0. The molecule has 0 aliphatic rings. The summed E-state index contributed by atoms with van der Waals surface area (Å²) in [5, 5.41) is 9.56. The van der Waals surface area contributed by atoms with Crippen LogP contribution in [0.1, 0.15) is 32.6 Å². The summed E-state index contributed by atoms with van der Waals surface area (Å²) < 4.78 is 0. The van der Waals surface area contributed by atoms with Crippen LogP contribution in [0.4, 0.5) is 0 Å². The standard InChI is InChI=1S/C16H20O/c1-3-5-7-9-10-11-13-15-16(17)14-12-8-6-4-2/h3-5,13,15-17H,2,6,8,12,14H2,1H3/b5-3+,15-13+/t16-/m1/s1. The fourth-order valence-electron chi connectivity index (χ4n) is 1.14. The molecule has 0 aliphatic carbocycles. The highest BCUT2D eigenvalue weighted by atomic mass is 16.3. The van der Waals surface area contributed by atoms with Crippen molar-refractivity contribution in [1.82, 2.24) is 0 Å². The van der Waals surface area contributed by atoms with E-state index < -0.39 is 6.10 Å². The van der Waals surface area contributed by atoms with Gasteiger partial charge in [-0.3, -0.25) is 0 Å². The van der Waals surface area contributed by atoms with Crippen LogP contribution in [0.2, 0.25) is 0 Å². The van der Waals surface area contributed by atoms with Crippen LogP contribution in [0.25, 0.3) is 0 Å². The maximum absolute atomic E-state index is 9.56. The topological polar surface area (TPSA) is 20.2 Å². The summed E-state index contributed by atoms with van der Waals surface area (Å²) in [4.78, 5) is 0. The van der Waals surface area contributed by atoms with Crippen molar-refractivity contribution in [1.29, 1.82) is 0 Å². The van der Waals surface area contributed by atoms with Crippen LogP contribution in [0, 0.1) is 23.7 Å². The maximum Gasteiger partial charge on any atom is 0.0730 e. The molecule has 0 heterocycles. The van der Waals surface area contributed by atoms with Crippen molar-refractivity contribution >= 4 is 0 Å². The zero-order chi connectivity index (χ0) is 12.8. The Hall–Kier alpha value is -1.70. The molecule has 17 heavy (non-hydrogen) atoms. The Morgan fingerprint density at radius 1 is 1.18 bits per heavy atom. The van der Waals surface area contributed by atoms with Gasteiger partial charge < -0.3 is 5.11 Å². The summed E-state index contributed by atoms with van der Waals surface area (Å²) in [5.74, 6) is 10.9. The molecule has 0 aromatic heterocycles. The van der Waals surface area contributed by atoms with Crippen molar-refractivity contribution in [2.45, 2.75) is 38.7 Å². The molecule has 0 aromatic carbocycles. The highest BCUT2D eigenvalue weighted by Gasteiger charge is 1.96. The lowest BCUT2D eigenvalue weighted by molar-refractivity contribution is 0.208. The van der Waals surface area contributed by atoms with E-state index in [-0.39, 0.29) is 0 Å². The fraction of sp³-hybridized carbons (Fsp3) is 0.375. The number of aliphatic hydroxyl groups is 1. The van der Waals surface area contributed by atoms with Gasteiger partial charge in [-0.05, 0) is 56.3 Å². The van der Waals surface area contributed by atoms with Gasteiger partial charge in [-0.2, -0.15) is 0 Å². The fourth-order valence-corrected chi connectivity index (χ4v) is 1.14. The van der Waals surface area contributed by atoms with Gasteiger partial charge in [0.05, 0.1) is 6.10 Å². The van der Waals surface area contributed by atoms with Gasteiger partial charge in [-0.1, -0.05) is 30.4 Å². The number of rotatable bonds is 6. The van der Waals surface area contributed by atoms with E-state index in [0.717, 1.165) is 25.7 Å². The Morgan fingerprint density at radius 3 is 2.53 bits per heavy atom. The average molecular weight is 228 g/mol. The SMILES string of the molecule is C=CCCCC[C@@H](O)/C=C/C#CC#C/C=C/C. The monoisotopic (exact) mass is 228 g/mol. The lowest BCUT2D eigenvalue weighted by Gasteiger charge is -2.02. The van der Waals surface area contributed by atoms with Gasteiger partial charge in [0, 0.05) is 0 Å². The predicted molar refractivity (Wildman–Crippen MR) is 74.2 cm³/mol. The second kappa shape index (κ2) is 12.4. The highest BCUT2D eigenvalue weighted by molar-refractivity contribution is 5.33. The number of allylic oxidation sites excluding steroid dienone is 4. The minimum absolute atomic E-state index is 0.405. The molecule has 1 nitrogen and oxygen atoms in total. The number of aliphatic hydroxyl groups excluding tert-OH is 1. The van der Waals surface area contributed by atoms with Gasteiger partial charge >= 0.3 is 0 Å². The predicted octanol–water partition coefficient (Wildman–Crippen LogP) is 3.23. The molecule has 0 radical (unpaired) electrons. The maximum atomic E-state index is 9.56. The summed E-state index contributed by atoms with van der Waals surface area (Å²) in [6.07, 6.45) is 12.3. The van der Waals surface area contributed by atoms with E-state index >= 15 is 0 Å². The van der Waals surface area contributed by atoms with E-state index in [0.29, 0.717) is 0 Å². The molecule has 0 unspecified atom stereocenters. The van der Waals surface area contributed by atoms with Crippen LogP contribution >= 0.6 is 0 Å². The van der Waals surface area contributed by atoms with Gasteiger partial charge in [0.25, 0.3) is 0 Å². The Morgan fingerprint density at radius 2 is 1.88 bits per heavy atom. The Kier molecular flexibility index (Phi) is 11.1. The van der Waals surface area contributed by atoms with Gasteiger partial charge in [0.1, 0.15) is 0 Å². The number of hydrogen-bond acceptors (Lipinski definition) is 1. The first-order chi connectivity index (χ1) is 8.31. The van der Waals surface area contributed by atoms with Crippen LogP contribution in [-0.2, 0) is 0 Å². The second-order valence-corrected chi connectivity index (χ2v) is 3.54. The van der Waals surface area contributed by atoms with Gasteiger partial charge in [0.2, 0.25) is 0 Å². The summed E-state index contributed by atoms with van der Waals surface area (Å²) >= 11 is 0. The lowest BCUT2D eigenvalue weighted by Crippen LogP contribution is -2.00. The molecule has 0 saturated heterocycles. The summed E-state index contributed by atoms with van der Waals surface area (Å²) in [7, 11) is 0. The number of hydrogen-bond donors (Lipinski definition) is 1. The molecule has 1 heteroatoms. The van der Waals surface area contributed by atoms with Crippen molar-refractivity contribution < 1.29 is 5.11 Å². The van der Waals surface area contributed by atoms with Gasteiger partial charge in [-0.25, -0.2) is 0 Å². The normalized spacial score (nSPS) is 11.6. The van der Waals surface area contributed by atoms with E-state index in [2.05, 4.69) is 30.3 Å². The summed E-state index contributed by atoms with van der Waals surface area (Å²) in [5.41, 5.74) is 0. The highest BCUT2D eigenvalue weighted by Crippen LogP contribution is 2.04. The molecular formula is C16H20O. The summed E-state index contributed by atoms with van der Waals surface area (Å²) in [6.45, 7) is 5.56. The molecule has 0 fully saturated rings. The van der Waals surface area contributed by atoms with Crippen LogP contribution in [0.3, 0.4) is 0 Å². The van der Waals surface area contributed by atoms with Crippen LogP contribution in [0.5, 0.6) is 0 Å². The quantitative estimate of drug-likeness (QED) is 0.420. The number of unbranched alkanes of at least 4 members (excludes halogenated alkanes) is 2. The van der Waals surface area contributed by atoms with Crippen LogP contribution in [0.15, 0.2) is 37.0 Å². The molecule has 90 valence electrons. The van der Waals surface area contributed by atoms with Crippen LogP contribution in [-0.4, -0.2) is 11.2 Å². The zero-order valence-electron chi connectivity index (χ0n) is 10.4. The van der Waals surface area contributed by atoms with Crippen molar-refractivity contribution in [3.63, 3.8) is 0 Å². The first kappa shape index (κ1) is 15.3. The third-order valence-corrected chi connectivity index (χ3v) is 2.02. The minimum atomic E-state index is -0.405. The molecule has 0 amide bonds. The lowest BCUT2D eigenvalue weighted by atomic mass is 10.1. The minimum Gasteiger partial charge on any atom is -0.389 e. The van der Waals surface area contributed by atoms with Crippen molar-refractivity contribution in [3.05, 3.63) is 37.0 Å². The van der Waals surface area contributed by atoms with Gasteiger partial charge in [0.15, 0.2) is 0 Å². The molecular weight excluding hydrogens is 208 g/mol. The molecule has 0 spiro atoms. The molecule has 0 saturated carbocycles. The third kappa shape index (κ3) is 12.2. The first-order valence-electron chi connectivity index (χ1n) is 5.89. The van der Waals surface area contributed by atoms with Crippen molar-refractivity contribution in [2.75, 3.05) is 0 Å². The van der Waals surface area contributed by atoms with Crippen molar-refractivity contribution in [3.8, 4) is 23.7 Å². The second-order valence-electron chi connectivity index (χ2n) is 3.54. The Labute approximate surface area is 105 Å². The molecule has 0 aromatic rings. The van der Waals surface area contributed by atoms with E-state index in [1.54, 1.807) is 18.2 Å². The van der Waals surface area contributed by atoms with Crippen LogP contribution < -0.4 is 0 Å². The molecule has 1 atom stereocenters. The zero-order valence-corrected chi connectivity index (χ0v) is 10.4. The molecule has 0 bridgehead atoms. The van der Waals surface area contributed by atoms with Crippen molar-refractivity contribution in [2.24, 2.45) is 0 Å². The average Bonchev–Trinajstić information content (AvgIpc) is 2.33. The molecule has 0 aliphatic heterocycles. The third-order valence-electron chi connectivity index (χ3n) is 2.02. The molecule has 0 rings (SSSR count). The smallest absolute Gasteiger partial charge is 0.0730 e. The van der Waals surface area contributed by atoms with E-state index in [1.807, 2.05) is 19.1 Å². The van der Waals surface area contributed by atoms with E-state index in [4.69, 9.17) is 0 Å². The van der Waals surface area contributed by atoms with E-state index in [9.17, 15) is 5.11 Å². The molecule has 1 N–H and O–H groups in total. The largest absolute Gasteiger partial charge is 0.389 e. The van der Waals surface area contributed by atoms with Gasteiger partial charge in [-0.15, -0.1) is 6.58 Å².